The number of hydrogen-bond acceptors (Lipinski definition) is 6. The number of carbonyl (C=O) groups is 3. The highest BCUT2D eigenvalue weighted by molar-refractivity contribution is 5.71. The lowest BCUT2D eigenvalue weighted by molar-refractivity contribution is -0.167. The third kappa shape index (κ3) is 68.2. The molecule has 0 aliphatic heterocycles. The average Bonchev–Trinajstić information content (AvgIpc) is 3.49. The molecule has 0 aromatic carbocycles. The summed E-state index contributed by atoms with van der Waals surface area (Å²) in [7, 11) is 0. The number of esters is 3. The standard InChI is InChI=1S/C77H128O6/c1-4-7-10-13-16-19-22-25-28-30-32-34-35-36-37-38-39-40-41-43-44-46-49-52-55-58-61-64-67-70-76(79)82-73-74(72-81-75(78)69-66-63-60-57-54-51-48-27-24-21-18-15-12-9-6-3)83-77(80)71-68-65-62-59-56-53-50-47-45-42-33-31-29-26-23-20-17-14-11-8-5-2/h8-9,11-12,17-18,20-22,25-27,29-30,32-33,35-36,42,48,54,57,74H,4-7,10,13-16,19,23-24,28,31,34,37-41,43-47,49-53,55-56,58-73H2,1-3H3/b11-8-,12-9-,20-17-,21-18-,25-22-,29-26-,32-30-,36-35-,42-33-,48-27-,57-54-. The molecule has 1 atom stereocenters. The maximum Gasteiger partial charge on any atom is 0.306 e. The van der Waals surface area contributed by atoms with Gasteiger partial charge in [0.25, 0.3) is 0 Å². The number of ether oxygens (including phenoxy) is 3. The van der Waals surface area contributed by atoms with E-state index in [1.165, 1.54) is 148 Å². The molecule has 6 nitrogen and oxygen atoms in total. The molecule has 472 valence electrons. The molecule has 0 saturated heterocycles. The van der Waals surface area contributed by atoms with Crippen molar-refractivity contribution in [2.75, 3.05) is 13.2 Å². The molecule has 6 heteroatoms. The van der Waals surface area contributed by atoms with Crippen LogP contribution in [0, 0.1) is 0 Å². The summed E-state index contributed by atoms with van der Waals surface area (Å²) in [6.07, 6.45) is 99.0. The number of allylic oxidation sites excluding steroid dienone is 22. The van der Waals surface area contributed by atoms with Crippen LogP contribution >= 0.6 is 0 Å². The van der Waals surface area contributed by atoms with Gasteiger partial charge in [-0.15, -0.1) is 0 Å². The minimum absolute atomic E-state index is 0.0974. The van der Waals surface area contributed by atoms with Gasteiger partial charge in [-0.05, 0) is 135 Å². The zero-order chi connectivity index (χ0) is 59.9. The first-order valence-electron chi connectivity index (χ1n) is 34.7. The number of rotatable bonds is 62. The van der Waals surface area contributed by atoms with Gasteiger partial charge in [0, 0.05) is 19.3 Å². The predicted octanol–water partition coefficient (Wildman–Crippen LogP) is 24.1. The lowest BCUT2D eigenvalue weighted by Crippen LogP contribution is -2.30. The van der Waals surface area contributed by atoms with Gasteiger partial charge in [0.1, 0.15) is 13.2 Å². The quantitative estimate of drug-likeness (QED) is 0.0261. The van der Waals surface area contributed by atoms with Crippen molar-refractivity contribution in [1.29, 1.82) is 0 Å². The summed E-state index contributed by atoms with van der Waals surface area (Å²) in [6, 6.07) is 0. The zero-order valence-corrected chi connectivity index (χ0v) is 54.2. The number of carbonyl (C=O) groups excluding carboxylic acids is 3. The molecule has 0 amide bonds. The minimum atomic E-state index is -0.806. The monoisotopic (exact) mass is 1150 g/mol. The lowest BCUT2D eigenvalue weighted by Gasteiger charge is -2.18. The van der Waals surface area contributed by atoms with Gasteiger partial charge < -0.3 is 14.2 Å². The first kappa shape index (κ1) is 78.5. The summed E-state index contributed by atoms with van der Waals surface area (Å²) in [5.74, 6) is -0.943. The van der Waals surface area contributed by atoms with Crippen LogP contribution < -0.4 is 0 Å². The minimum Gasteiger partial charge on any atom is -0.462 e. The fourth-order valence-electron chi connectivity index (χ4n) is 9.49. The first-order valence-corrected chi connectivity index (χ1v) is 34.7. The van der Waals surface area contributed by atoms with Gasteiger partial charge in [-0.3, -0.25) is 14.4 Å². The smallest absolute Gasteiger partial charge is 0.306 e. The second-order valence-corrected chi connectivity index (χ2v) is 22.7. The molecule has 0 bridgehead atoms. The zero-order valence-electron chi connectivity index (χ0n) is 54.2. The molecule has 0 aliphatic rings. The van der Waals surface area contributed by atoms with Crippen LogP contribution in [0.25, 0.3) is 0 Å². The van der Waals surface area contributed by atoms with Crippen LogP contribution in [0.3, 0.4) is 0 Å². The first-order chi connectivity index (χ1) is 41.0. The van der Waals surface area contributed by atoms with E-state index in [0.29, 0.717) is 19.3 Å². The van der Waals surface area contributed by atoms with Crippen molar-refractivity contribution in [1.82, 2.24) is 0 Å². The Morgan fingerprint density at radius 2 is 0.470 bits per heavy atom. The molecule has 0 rings (SSSR count). The average molecular weight is 1150 g/mol. The molecule has 0 N–H and O–H groups in total. The largest absolute Gasteiger partial charge is 0.462 e. The SMILES string of the molecule is CC/C=C\C/C=C\C/C=C\C/C=C\CCCCCCCCCCC(=O)OC(COC(=O)CCCC/C=C\C/C=C\C/C=C\C/C=C\CC)COC(=O)CCCCCCCCCCCCCCCC/C=C\C/C=C\C/C=C\CCCCCCC. The third-order valence-electron chi connectivity index (χ3n) is 14.6. The highest BCUT2D eigenvalue weighted by Crippen LogP contribution is 2.16. The van der Waals surface area contributed by atoms with Crippen molar-refractivity contribution in [2.45, 2.75) is 322 Å². The van der Waals surface area contributed by atoms with Gasteiger partial charge in [-0.2, -0.15) is 0 Å². The maximum atomic E-state index is 12.9. The molecule has 0 heterocycles. The Kier molecular flexibility index (Phi) is 66.3. The van der Waals surface area contributed by atoms with E-state index in [9.17, 15) is 14.4 Å². The Labute approximate surface area is 513 Å². The fourth-order valence-corrected chi connectivity index (χ4v) is 9.49. The molecule has 0 aromatic heterocycles. The van der Waals surface area contributed by atoms with E-state index in [2.05, 4.69) is 154 Å². The maximum absolute atomic E-state index is 12.9. The van der Waals surface area contributed by atoms with E-state index in [-0.39, 0.29) is 31.1 Å². The molecular weight excluding hydrogens is 1020 g/mol. The van der Waals surface area contributed by atoms with Crippen LogP contribution in [-0.4, -0.2) is 37.2 Å². The van der Waals surface area contributed by atoms with Crippen LogP contribution in [0.5, 0.6) is 0 Å². The van der Waals surface area contributed by atoms with Crippen molar-refractivity contribution in [3.05, 3.63) is 134 Å². The number of unbranched alkanes of at least 4 members (excludes halogenated alkanes) is 29. The summed E-state index contributed by atoms with van der Waals surface area (Å²) in [4.78, 5) is 38.4. The van der Waals surface area contributed by atoms with Gasteiger partial charge in [-0.25, -0.2) is 0 Å². The summed E-state index contributed by atoms with van der Waals surface area (Å²) in [6.45, 7) is 6.38. The Hall–Kier alpha value is -4.45. The molecule has 0 aromatic rings. The molecule has 83 heavy (non-hydrogen) atoms. The van der Waals surface area contributed by atoms with Crippen molar-refractivity contribution >= 4 is 17.9 Å². The Bertz CT molecular complexity index is 1750. The lowest BCUT2D eigenvalue weighted by atomic mass is 10.0. The second-order valence-electron chi connectivity index (χ2n) is 22.7. The van der Waals surface area contributed by atoms with E-state index in [1.807, 2.05) is 0 Å². The van der Waals surface area contributed by atoms with Gasteiger partial charge in [-0.1, -0.05) is 296 Å². The highest BCUT2D eigenvalue weighted by atomic mass is 16.6. The fraction of sp³-hybridized carbons (Fsp3) is 0.675. The molecule has 1 unspecified atom stereocenters. The Morgan fingerprint density at radius 1 is 0.253 bits per heavy atom. The molecule has 0 aliphatic carbocycles. The summed E-state index contributed by atoms with van der Waals surface area (Å²) >= 11 is 0. The van der Waals surface area contributed by atoms with E-state index < -0.39 is 6.10 Å². The van der Waals surface area contributed by atoms with Gasteiger partial charge in [0.2, 0.25) is 0 Å². The molecule has 0 fully saturated rings. The molecular formula is C77H128O6. The van der Waals surface area contributed by atoms with Crippen LogP contribution in [0.1, 0.15) is 316 Å². The van der Waals surface area contributed by atoms with Crippen molar-refractivity contribution in [3.63, 3.8) is 0 Å². The molecule has 0 spiro atoms. The predicted molar refractivity (Wildman–Crippen MR) is 362 cm³/mol. The van der Waals surface area contributed by atoms with Crippen LogP contribution in [0.4, 0.5) is 0 Å². The van der Waals surface area contributed by atoms with Crippen molar-refractivity contribution in [2.24, 2.45) is 0 Å². The van der Waals surface area contributed by atoms with E-state index >= 15 is 0 Å². The van der Waals surface area contributed by atoms with Crippen molar-refractivity contribution < 1.29 is 28.6 Å². The Balaban J connectivity index is 4.35. The second kappa shape index (κ2) is 70.0. The molecule has 0 saturated carbocycles. The summed E-state index contributed by atoms with van der Waals surface area (Å²) in [5, 5.41) is 0. The van der Waals surface area contributed by atoms with Crippen molar-refractivity contribution in [3.8, 4) is 0 Å². The Morgan fingerprint density at radius 3 is 0.759 bits per heavy atom. The van der Waals surface area contributed by atoms with Crippen LogP contribution in [-0.2, 0) is 28.6 Å². The van der Waals surface area contributed by atoms with E-state index in [4.69, 9.17) is 14.2 Å². The van der Waals surface area contributed by atoms with Gasteiger partial charge >= 0.3 is 17.9 Å². The highest BCUT2D eigenvalue weighted by Gasteiger charge is 2.19. The number of hydrogen-bond donors (Lipinski definition) is 0. The topological polar surface area (TPSA) is 78.9 Å². The van der Waals surface area contributed by atoms with E-state index in [0.717, 1.165) is 128 Å². The summed E-state index contributed by atoms with van der Waals surface area (Å²) < 4.78 is 16.9. The third-order valence-corrected chi connectivity index (χ3v) is 14.6. The van der Waals surface area contributed by atoms with Gasteiger partial charge in [0.15, 0.2) is 6.10 Å². The summed E-state index contributed by atoms with van der Waals surface area (Å²) in [5.41, 5.74) is 0. The molecule has 0 radical (unpaired) electrons. The van der Waals surface area contributed by atoms with Gasteiger partial charge in [0.05, 0.1) is 0 Å². The van der Waals surface area contributed by atoms with Crippen LogP contribution in [0.15, 0.2) is 134 Å². The van der Waals surface area contributed by atoms with Crippen LogP contribution in [0.2, 0.25) is 0 Å². The normalized spacial score (nSPS) is 13.0. The van der Waals surface area contributed by atoms with E-state index in [1.54, 1.807) is 0 Å².